The summed E-state index contributed by atoms with van der Waals surface area (Å²) in [4.78, 5) is 15.5. The van der Waals surface area contributed by atoms with Crippen molar-refractivity contribution in [1.82, 2.24) is 10.4 Å². The van der Waals surface area contributed by atoms with Crippen LogP contribution in [-0.2, 0) is 0 Å². The number of hydrogen-bond donors (Lipinski definition) is 2. The first-order valence-electron chi connectivity index (χ1n) is 7.65. The Hall–Kier alpha value is -3.08. The van der Waals surface area contributed by atoms with Crippen LogP contribution in [0.15, 0.2) is 47.6 Å². The average Bonchev–Trinajstić information content (AvgIpc) is 2.92. The van der Waals surface area contributed by atoms with Gasteiger partial charge in [-0.1, -0.05) is 11.6 Å². The van der Waals surface area contributed by atoms with Crippen LogP contribution in [0, 0.1) is 13.8 Å². The number of nitrogens with one attached hydrogen (secondary N) is 2. The van der Waals surface area contributed by atoms with Gasteiger partial charge in [0.1, 0.15) is 11.4 Å². The molecule has 0 bridgehead atoms. The highest BCUT2D eigenvalue weighted by atomic mass is 16.5. The molecule has 1 amide bonds. The summed E-state index contributed by atoms with van der Waals surface area (Å²) in [6.45, 7) is 3.96. The van der Waals surface area contributed by atoms with Crippen molar-refractivity contribution < 1.29 is 9.53 Å². The Morgan fingerprint density at radius 3 is 2.62 bits per heavy atom. The quantitative estimate of drug-likeness (QED) is 0.570. The van der Waals surface area contributed by atoms with Crippen LogP contribution >= 0.6 is 0 Å². The maximum Gasteiger partial charge on any atom is 0.288 e. The van der Waals surface area contributed by atoms with Crippen LogP contribution in [0.3, 0.4) is 0 Å². The van der Waals surface area contributed by atoms with E-state index in [0.29, 0.717) is 5.69 Å². The van der Waals surface area contributed by atoms with E-state index in [9.17, 15) is 4.79 Å². The topological polar surface area (TPSA) is 66.5 Å². The minimum Gasteiger partial charge on any atom is -0.497 e. The second kappa shape index (κ2) is 6.58. The van der Waals surface area contributed by atoms with E-state index in [1.54, 1.807) is 13.3 Å². The van der Waals surface area contributed by atoms with Crippen LogP contribution in [0.25, 0.3) is 10.9 Å². The molecule has 0 atom stereocenters. The maximum atomic E-state index is 12.3. The van der Waals surface area contributed by atoms with Crippen molar-refractivity contribution in [2.75, 3.05) is 7.11 Å². The molecule has 0 unspecified atom stereocenters. The molecule has 0 spiro atoms. The van der Waals surface area contributed by atoms with Gasteiger partial charge >= 0.3 is 0 Å². The van der Waals surface area contributed by atoms with Gasteiger partial charge < -0.3 is 9.72 Å². The van der Waals surface area contributed by atoms with Crippen LogP contribution in [0.5, 0.6) is 5.75 Å². The predicted molar refractivity (Wildman–Crippen MR) is 95.8 cm³/mol. The Morgan fingerprint density at radius 1 is 1.17 bits per heavy atom. The number of nitrogens with zero attached hydrogens (tertiary/aromatic N) is 1. The fraction of sp³-hybridized carbons (Fsp3) is 0.158. The second-order valence-corrected chi connectivity index (χ2v) is 5.65. The van der Waals surface area contributed by atoms with Crippen LogP contribution in [0.1, 0.15) is 27.2 Å². The van der Waals surface area contributed by atoms with Crippen molar-refractivity contribution in [3.05, 3.63) is 64.8 Å². The number of aromatic nitrogens is 1. The zero-order valence-electron chi connectivity index (χ0n) is 13.9. The van der Waals surface area contributed by atoms with Gasteiger partial charge in [-0.2, -0.15) is 5.10 Å². The molecule has 0 aliphatic carbocycles. The lowest BCUT2D eigenvalue weighted by Gasteiger charge is -2.00. The van der Waals surface area contributed by atoms with E-state index in [1.165, 1.54) is 0 Å². The van der Waals surface area contributed by atoms with E-state index in [2.05, 4.69) is 21.6 Å². The summed E-state index contributed by atoms with van der Waals surface area (Å²) in [7, 11) is 1.62. The molecule has 1 aromatic heterocycles. The van der Waals surface area contributed by atoms with Gasteiger partial charge in [0.25, 0.3) is 5.91 Å². The lowest BCUT2D eigenvalue weighted by Crippen LogP contribution is -2.18. The largest absolute Gasteiger partial charge is 0.497 e. The Kier molecular flexibility index (Phi) is 4.33. The third-order valence-electron chi connectivity index (χ3n) is 3.94. The van der Waals surface area contributed by atoms with E-state index in [4.69, 9.17) is 4.74 Å². The first-order chi connectivity index (χ1) is 11.6. The molecule has 3 aromatic rings. The zero-order chi connectivity index (χ0) is 17.1. The molecule has 5 nitrogen and oxygen atoms in total. The highest BCUT2D eigenvalue weighted by Gasteiger charge is 2.14. The monoisotopic (exact) mass is 321 g/mol. The first-order valence-corrected chi connectivity index (χ1v) is 7.65. The highest BCUT2D eigenvalue weighted by molar-refractivity contribution is 6.01. The SMILES string of the molecule is COc1ccc(/C=N\NC(=O)c2[nH]c3ccc(C)cc3c2C)cc1. The Balaban J connectivity index is 1.75. The number of aromatic amines is 1. The highest BCUT2D eigenvalue weighted by Crippen LogP contribution is 2.22. The first kappa shape index (κ1) is 15.8. The van der Waals surface area contributed by atoms with Crippen LogP contribution in [0.2, 0.25) is 0 Å². The summed E-state index contributed by atoms with van der Waals surface area (Å²) in [6, 6.07) is 13.5. The van der Waals surface area contributed by atoms with Crippen molar-refractivity contribution >= 4 is 23.0 Å². The third kappa shape index (κ3) is 3.15. The van der Waals surface area contributed by atoms with Crippen molar-refractivity contribution in [3.63, 3.8) is 0 Å². The van der Waals surface area contributed by atoms with Crippen LogP contribution in [0.4, 0.5) is 0 Å². The summed E-state index contributed by atoms with van der Waals surface area (Å²) in [5.41, 5.74) is 7.00. The van der Waals surface area contributed by atoms with Crippen molar-refractivity contribution in [1.29, 1.82) is 0 Å². The molecule has 0 radical (unpaired) electrons. The smallest absolute Gasteiger partial charge is 0.288 e. The van der Waals surface area contributed by atoms with E-state index < -0.39 is 0 Å². The lowest BCUT2D eigenvalue weighted by atomic mass is 10.1. The van der Waals surface area contributed by atoms with E-state index in [1.807, 2.05) is 50.2 Å². The fourth-order valence-corrected chi connectivity index (χ4v) is 2.58. The van der Waals surface area contributed by atoms with E-state index in [0.717, 1.165) is 33.3 Å². The molecule has 0 saturated heterocycles. The molecule has 1 heterocycles. The normalized spacial score (nSPS) is 11.1. The summed E-state index contributed by atoms with van der Waals surface area (Å²) in [6.07, 6.45) is 1.60. The molecular weight excluding hydrogens is 302 g/mol. The molecule has 0 fully saturated rings. The molecule has 0 saturated carbocycles. The Labute approximate surface area is 140 Å². The van der Waals surface area contributed by atoms with Gasteiger partial charge in [-0.05, 0) is 61.4 Å². The van der Waals surface area contributed by atoms with Gasteiger partial charge in [-0.3, -0.25) is 4.79 Å². The number of H-pyrrole nitrogens is 1. The van der Waals surface area contributed by atoms with Crippen LogP contribution in [-0.4, -0.2) is 24.2 Å². The summed E-state index contributed by atoms with van der Waals surface area (Å²) < 4.78 is 5.10. The van der Waals surface area contributed by atoms with Crippen molar-refractivity contribution in [3.8, 4) is 5.75 Å². The Bertz CT molecular complexity index is 908. The van der Waals surface area contributed by atoms with Gasteiger partial charge in [0.2, 0.25) is 0 Å². The number of carbonyl (C=O) groups is 1. The molecule has 2 N–H and O–H groups in total. The van der Waals surface area contributed by atoms with Gasteiger partial charge in [0, 0.05) is 10.9 Å². The second-order valence-electron chi connectivity index (χ2n) is 5.65. The molecule has 24 heavy (non-hydrogen) atoms. The number of amides is 1. The van der Waals surface area contributed by atoms with Gasteiger partial charge in [-0.15, -0.1) is 0 Å². The summed E-state index contributed by atoms with van der Waals surface area (Å²) >= 11 is 0. The summed E-state index contributed by atoms with van der Waals surface area (Å²) in [5.74, 6) is 0.520. The molecule has 3 rings (SSSR count). The van der Waals surface area contributed by atoms with Gasteiger partial charge in [0.15, 0.2) is 0 Å². The average molecular weight is 321 g/mol. The molecular formula is C19H19N3O2. The predicted octanol–water partition coefficient (Wildman–Crippen LogP) is 3.56. The maximum absolute atomic E-state index is 12.3. The molecule has 122 valence electrons. The molecule has 0 aliphatic rings. The number of aryl methyl sites for hydroxylation is 2. The number of ether oxygens (including phenoxy) is 1. The minimum absolute atomic E-state index is 0.258. The van der Waals surface area contributed by atoms with Crippen molar-refractivity contribution in [2.24, 2.45) is 5.10 Å². The fourth-order valence-electron chi connectivity index (χ4n) is 2.58. The van der Waals surface area contributed by atoms with Gasteiger partial charge in [-0.25, -0.2) is 5.43 Å². The third-order valence-corrected chi connectivity index (χ3v) is 3.94. The lowest BCUT2D eigenvalue weighted by molar-refractivity contribution is 0.0950. The number of hydrogen-bond acceptors (Lipinski definition) is 3. The van der Waals surface area contributed by atoms with Crippen LogP contribution < -0.4 is 10.2 Å². The standard InChI is InChI=1S/C19H19N3O2/c1-12-4-9-17-16(10-12)13(2)18(21-17)19(23)22-20-11-14-5-7-15(24-3)8-6-14/h4-11,21H,1-3H3,(H,22,23)/b20-11-. The Morgan fingerprint density at radius 2 is 1.92 bits per heavy atom. The van der Waals surface area contributed by atoms with Crippen molar-refractivity contribution in [2.45, 2.75) is 13.8 Å². The number of carbonyl (C=O) groups excluding carboxylic acids is 1. The minimum atomic E-state index is -0.258. The van der Waals surface area contributed by atoms with Gasteiger partial charge in [0.05, 0.1) is 13.3 Å². The number of fused-ring (bicyclic) bond motifs is 1. The summed E-state index contributed by atoms with van der Waals surface area (Å²) in [5, 5.41) is 5.07. The number of methoxy groups -OCH3 is 1. The number of hydrazone groups is 1. The van der Waals surface area contributed by atoms with E-state index >= 15 is 0 Å². The molecule has 5 heteroatoms. The molecule has 0 aliphatic heterocycles. The number of benzene rings is 2. The zero-order valence-corrected chi connectivity index (χ0v) is 13.9. The number of rotatable bonds is 4. The molecule has 2 aromatic carbocycles. The van der Waals surface area contributed by atoms with E-state index in [-0.39, 0.29) is 5.91 Å².